The molecule has 0 aliphatic carbocycles. The standard InChI is InChI=1S/C12H17N3O2/c1-3-9-5-6-10(16-9)12-15-14-11(17-12)7-8-13-4-2/h5-6,13H,3-4,7-8H2,1-2H3. The quantitative estimate of drug-likeness (QED) is 0.776. The Morgan fingerprint density at radius 3 is 2.76 bits per heavy atom. The average Bonchev–Trinajstić information content (AvgIpc) is 2.97. The van der Waals surface area contributed by atoms with Crippen LogP contribution in [0.4, 0.5) is 0 Å². The summed E-state index contributed by atoms with van der Waals surface area (Å²) in [6.07, 6.45) is 1.60. The van der Waals surface area contributed by atoms with Crippen LogP contribution < -0.4 is 5.32 Å². The molecule has 5 nitrogen and oxygen atoms in total. The third-order valence-electron chi connectivity index (χ3n) is 2.45. The van der Waals surface area contributed by atoms with Crippen LogP contribution in [0, 0.1) is 0 Å². The molecule has 0 unspecified atom stereocenters. The highest BCUT2D eigenvalue weighted by molar-refractivity contribution is 5.43. The van der Waals surface area contributed by atoms with Gasteiger partial charge in [0.05, 0.1) is 0 Å². The largest absolute Gasteiger partial charge is 0.456 e. The van der Waals surface area contributed by atoms with Crippen molar-refractivity contribution in [3.05, 3.63) is 23.8 Å². The van der Waals surface area contributed by atoms with Gasteiger partial charge in [-0.25, -0.2) is 0 Å². The molecule has 5 heteroatoms. The van der Waals surface area contributed by atoms with Crippen molar-refractivity contribution in [2.24, 2.45) is 0 Å². The lowest BCUT2D eigenvalue weighted by molar-refractivity contribution is 0.463. The predicted molar refractivity (Wildman–Crippen MR) is 63.6 cm³/mol. The normalized spacial score (nSPS) is 10.9. The van der Waals surface area contributed by atoms with Crippen LogP contribution in [0.3, 0.4) is 0 Å². The van der Waals surface area contributed by atoms with Crippen molar-refractivity contribution in [1.82, 2.24) is 15.5 Å². The van der Waals surface area contributed by atoms with Crippen LogP contribution >= 0.6 is 0 Å². The molecule has 0 bridgehead atoms. The Kier molecular flexibility index (Phi) is 3.93. The number of nitrogens with zero attached hydrogens (tertiary/aromatic N) is 2. The molecule has 0 spiro atoms. The van der Waals surface area contributed by atoms with Crippen LogP contribution in [0.15, 0.2) is 21.0 Å². The lowest BCUT2D eigenvalue weighted by Gasteiger charge is -1.95. The van der Waals surface area contributed by atoms with Crippen LogP contribution in [0.2, 0.25) is 0 Å². The summed E-state index contributed by atoms with van der Waals surface area (Å²) in [5, 5.41) is 11.2. The average molecular weight is 235 g/mol. The Balaban J connectivity index is 2.02. The van der Waals surface area contributed by atoms with Crippen molar-refractivity contribution in [2.45, 2.75) is 26.7 Å². The van der Waals surface area contributed by atoms with Gasteiger partial charge < -0.3 is 14.2 Å². The first-order chi connectivity index (χ1) is 8.33. The van der Waals surface area contributed by atoms with E-state index in [-0.39, 0.29) is 0 Å². The van der Waals surface area contributed by atoms with Crippen LogP contribution in [-0.4, -0.2) is 23.3 Å². The van der Waals surface area contributed by atoms with Gasteiger partial charge in [-0.1, -0.05) is 13.8 Å². The number of hydrogen-bond acceptors (Lipinski definition) is 5. The Morgan fingerprint density at radius 2 is 2.06 bits per heavy atom. The topological polar surface area (TPSA) is 64.1 Å². The SMILES string of the molecule is CCNCCc1nnc(-c2ccc(CC)o2)o1. The highest BCUT2D eigenvalue weighted by atomic mass is 16.4. The summed E-state index contributed by atoms with van der Waals surface area (Å²) in [4.78, 5) is 0. The van der Waals surface area contributed by atoms with Crippen LogP contribution in [0.1, 0.15) is 25.5 Å². The van der Waals surface area contributed by atoms with Gasteiger partial charge >= 0.3 is 0 Å². The second-order valence-electron chi connectivity index (χ2n) is 3.72. The van der Waals surface area contributed by atoms with Gasteiger partial charge in [-0.3, -0.25) is 0 Å². The first kappa shape index (κ1) is 11.9. The molecule has 0 fully saturated rings. The summed E-state index contributed by atoms with van der Waals surface area (Å²) in [6, 6.07) is 3.79. The van der Waals surface area contributed by atoms with Gasteiger partial charge in [-0.2, -0.15) is 0 Å². The van der Waals surface area contributed by atoms with Gasteiger partial charge in [0.15, 0.2) is 5.76 Å². The molecular weight excluding hydrogens is 218 g/mol. The summed E-state index contributed by atoms with van der Waals surface area (Å²) in [7, 11) is 0. The van der Waals surface area contributed by atoms with Gasteiger partial charge in [0, 0.05) is 19.4 Å². The predicted octanol–water partition coefficient (Wildman–Crippen LogP) is 2.04. The Hall–Kier alpha value is -1.62. The third kappa shape index (κ3) is 2.94. The lowest BCUT2D eigenvalue weighted by atomic mass is 10.3. The molecule has 0 saturated carbocycles. The Morgan fingerprint density at radius 1 is 1.18 bits per heavy atom. The number of nitrogens with one attached hydrogen (secondary N) is 1. The van der Waals surface area contributed by atoms with Crippen molar-refractivity contribution in [2.75, 3.05) is 13.1 Å². The number of likely N-dealkylation sites (N-methyl/N-ethyl adjacent to an activating group) is 1. The van der Waals surface area contributed by atoms with Gasteiger partial charge in [0.1, 0.15) is 5.76 Å². The number of rotatable bonds is 6. The first-order valence-corrected chi connectivity index (χ1v) is 5.95. The summed E-state index contributed by atoms with van der Waals surface area (Å²) >= 11 is 0. The molecule has 92 valence electrons. The van der Waals surface area contributed by atoms with Crippen molar-refractivity contribution in [3.63, 3.8) is 0 Å². The molecule has 0 atom stereocenters. The zero-order valence-corrected chi connectivity index (χ0v) is 10.2. The van der Waals surface area contributed by atoms with E-state index in [0.29, 0.717) is 17.5 Å². The molecule has 1 N–H and O–H groups in total. The van der Waals surface area contributed by atoms with E-state index in [2.05, 4.69) is 22.4 Å². The molecule has 2 aromatic heterocycles. The van der Waals surface area contributed by atoms with E-state index >= 15 is 0 Å². The van der Waals surface area contributed by atoms with Crippen molar-refractivity contribution < 1.29 is 8.83 Å². The molecule has 0 aliphatic heterocycles. The van der Waals surface area contributed by atoms with Crippen LogP contribution in [0.5, 0.6) is 0 Å². The fourth-order valence-electron chi connectivity index (χ4n) is 1.51. The number of hydrogen-bond donors (Lipinski definition) is 1. The van der Waals surface area contributed by atoms with Gasteiger partial charge in [-0.15, -0.1) is 10.2 Å². The van der Waals surface area contributed by atoms with Gasteiger partial charge in [0.25, 0.3) is 5.89 Å². The second-order valence-corrected chi connectivity index (χ2v) is 3.72. The van der Waals surface area contributed by atoms with Crippen LogP contribution in [-0.2, 0) is 12.8 Å². The maximum Gasteiger partial charge on any atom is 0.283 e. The highest BCUT2D eigenvalue weighted by Gasteiger charge is 2.11. The van der Waals surface area contributed by atoms with Crippen molar-refractivity contribution >= 4 is 0 Å². The molecule has 0 aromatic carbocycles. The fourth-order valence-corrected chi connectivity index (χ4v) is 1.51. The minimum absolute atomic E-state index is 0.455. The monoisotopic (exact) mass is 235 g/mol. The molecular formula is C12H17N3O2. The van der Waals surface area contributed by atoms with E-state index in [1.54, 1.807) is 0 Å². The summed E-state index contributed by atoms with van der Waals surface area (Å²) in [6.45, 7) is 5.89. The molecule has 2 rings (SSSR count). The minimum atomic E-state index is 0.455. The molecule has 2 aromatic rings. The maximum absolute atomic E-state index is 5.55. The maximum atomic E-state index is 5.55. The van der Waals surface area contributed by atoms with Crippen molar-refractivity contribution in [3.8, 4) is 11.7 Å². The van der Waals surface area contributed by atoms with Crippen molar-refractivity contribution in [1.29, 1.82) is 0 Å². The van der Waals surface area contributed by atoms with E-state index in [1.807, 2.05) is 19.1 Å². The third-order valence-corrected chi connectivity index (χ3v) is 2.45. The Bertz CT molecular complexity index is 462. The minimum Gasteiger partial charge on any atom is -0.456 e. The van der Waals surface area contributed by atoms with E-state index in [4.69, 9.17) is 8.83 Å². The second kappa shape index (κ2) is 5.63. The highest BCUT2D eigenvalue weighted by Crippen LogP contribution is 2.21. The summed E-state index contributed by atoms with van der Waals surface area (Å²) < 4.78 is 11.1. The van der Waals surface area contributed by atoms with E-state index in [0.717, 1.165) is 31.7 Å². The zero-order chi connectivity index (χ0) is 12.1. The van der Waals surface area contributed by atoms with Gasteiger partial charge in [-0.05, 0) is 18.7 Å². The zero-order valence-electron chi connectivity index (χ0n) is 10.2. The first-order valence-electron chi connectivity index (χ1n) is 5.95. The number of aromatic nitrogens is 2. The van der Waals surface area contributed by atoms with E-state index < -0.39 is 0 Å². The molecule has 0 amide bonds. The number of furan rings is 1. The fraction of sp³-hybridized carbons (Fsp3) is 0.500. The smallest absolute Gasteiger partial charge is 0.283 e. The summed E-state index contributed by atoms with van der Waals surface area (Å²) in [5.41, 5.74) is 0. The molecule has 0 saturated heterocycles. The molecule has 0 radical (unpaired) electrons. The molecule has 17 heavy (non-hydrogen) atoms. The van der Waals surface area contributed by atoms with Gasteiger partial charge in [0.2, 0.25) is 5.89 Å². The summed E-state index contributed by atoms with van der Waals surface area (Å²) in [5.74, 6) is 2.66. The molecule has 0 aliphatic rings. The lowest BCUT2D eigenvalue weighted by Crippen LogP contribution is -2.16. The molecule has 2 heterocycles. The van der Waals surface area contributed by atoms with Crippen LogP contribution in [0.25, 0.3) is 11.7 Å². The van der Waals surface area contributed by atoms with E-state index in [9.17, 15) is 0 Å². The van der Waals surface area contributed by atoms with E-state index in [1.165, 1.54) is 0 Å². The number of aryl methyl sites for hydroxylation is 1. The Labute approximate surface area is 100 Å².